The molecule has 0 unspecified atom stereocenters. The van der Waals surface area contributed by atoms with E-state index in [2.05, 4.69) is 44.8 Å². The lowest BCUT2D eigenvalue weighted by Gasteiger charge is -2.42. The summed E-state index contributed by atoms with van der Waals surface area (Å²) in [5.41, 5.74) is 1.49. The van der Waals surface area contributed by atoms with Gasteiger partial charge in [0.2, 0.25) is 5.91 Å². The molecule has 1 fully saturated rings. The number of amides is 1. The van der Waals surface area contributed by atoms with Gasteiger partial charge in [0.25, 0.3) is 0 Å². The van der Waals surface area contributed by atoms with Crippen molar-refractivity contribution in [3.8, 4) is 0 Å². The topological polar surface area (TPSA) is 41.1 Å². The molecule has 0 aliphatic heterocycles. The van der Waals surface area contributed by atoms with Crippen molar-refractivity contribution < 1.29 is 4.79 Å². The Labute approximate surface area is 135 Å². The third-order valence-corrected chi connectivity index (χ3v) is 4.47. The normalized spacial score (nSPS) is 15.9. The van der Waals surface area contributed by atoms with E-state index in [0.717, 1.165) is 30.4 Å². The summed E-state index contributed by atoms with van der Waals surface area (Å²) in [4.78, 5) is 11.7. The molecule has 2 rings (SSSR count). The summed E-state index contributed by atoms with van der Waals surface area (Å²) in [5, 5.41) is 6.08. The number of benzene rings is 1. The molecule has 1 aliphatic carbocycles. The number of nitrogens with one attached hydrogen (secondary N) is 2. The zero-order valence-corrected chi connectivity index (χ0v) is 14.1. The number of hydrogen-bond acceptors (Lipinski definition) is 2. The monoisotopic (exact) mass is 360 g/mol. The second-order valence-electron chi connectivity index (χ2n) is 5.27. The fourth-order valence-corrected chi connectivity index (χ4v) is 2.98. The Kier molecular flexibility index (Phi) is 7.00. The molecule has 1 aromatic rings. The second kappa shape index (κ2) is 8.01. The van der Waals surface area contributed by atoms with Crippen molar-refractivity contribution in [3.05, 3.63) is 34.3 Å². The molecule has 1 aromatic carbocycles. The average molecular weight is 362 g/mol. The van der Waals surface area contributed by atoms with Gasteiger partial charge in [0.05, 0.1) is 0 Å². The van der Waals surface area contributed by atoms with Crippen molar-refractivity contribution in [1.82, 2.24) is 10.6 Å². The van der Waals surface area contributed by atoms with Crippen LogP contribution in [0.3, 0.4) is 0 Å². The van der Waals surface area contributed by atoms with E-state index in [1.165, 1.54) is 12.0 Å². The predicted molar refractivity (Wildman–Crippen MR) is 88.5 cm³/mol. The van der Waals surface area contributed by atoms with Crippen molar-refractivity contribution in [2.75, 3.05) is 20.1 Å². The second-order valence-corrected chi connectivity index (χ2v) is 6.19. The van der Waals surface area contributed by atoms with Crippen LogP contribution in [0.25, 0.3) is 0 Å². The third-order valence-electron chi connectivity index (χ3n) is 3.97. The summed E-state index contributed by atoms with van der Waals surface area (Å²) in [7, 11) is 1.86. The summed E-state index contributed by atoms with van der Waals surface area (Å²) in [6, 6.07) is 8.46. The van der Waals surface area contributed by atoms with E-state index < -0.39 is 0 Å². The number of rotatable bonds is 6. The zero-order valence-electron chi connectivity index (χ0n) is 11.7. The highest BCUT2D eigenvalue weighted by Crippen LogP contribution is 2.43. The number of halogens is 2. The van der Waals surface area contributed by atoms with Gasteiger partial charge in [-0.25, -0.2) is 0 Å². The van der Waals surface area contributed by atoms with E-state index in [1.807, 2.05) is 13.1 Å². The lowest BCUT2D eigenvalue weighted by Crippen LogP contribution is -2.45. The third kappa shape index (κ3) is 4.21. The van der Waals surface area contributed by atoms with Gasteiger partial charge in [0.15, 0.2) is 0 Å². The van der Waals surface area contributed by atoms with E-state index in [4.69, 9.17) is 0 Å². The van der Waals surface area contributed by atoms with Crippen LogP contribution >= 0.6 is 28.3 Å². The van der Waals surface area contributed by atoms with Crippen LogP contribution in [0, 0.1) is 0 Å². The Morgan fingerprint density at radius 3 is 2.70 bits per heavy atom. The fraction of sp³-hybridized carbons (Fsp3) is 0.533. The Morgan fingerprint density at radius 1 is 1.40 bits per heavy atom. The molecule has 0 atom stereocenters. The minimum atomic E-state index is 0. The van der Waals surface area contributed by atoms with Crippen LogP contribution in [0.4, 0.5) is 0 Å². The Bertz CT molecular complexity index is 449. The molecule has 5 heteroatoms. The number of carbonyl (C=O) groups is 1. The summed E-state index contributed by atoms with van der Waals surface area (Å²) in [6.07, 6.45) is 4.12. The Morgan fingerprint density at radius 2 is 2.15 bits per heavy atom. The lowest BCUT2D eigenvalue weighted by molar-refractivity contribution is -0.121. The van der Waals surface area contributed by atoms with Crippen molar-refractivity contribution in [1.29, 1.82) is 0 Å². The highest BCUT2D eigenvalue weighted by Gasteiger charge is 2.38. The quantitative estimate of drug-likeness (QED) is 0.818. The maximum atomic E-state index is 11.7. The van der Waals surface area contributed by atoms with Crippen LogP contribution in [-0.2, 0) is 10.2 Å². The molecule has 2 N–H and O–H groups in total. The minimum absolute atomic E-state index is 0. The first-order chi connectivity index (χ1) is 9.16. The number of carbonyl (C=O) groups excluding carboxylic acids is 1. The van der Waals surface area contributed by atoms with E-state index >= 15 is 0 Å². The predicted octanol–water partition coefficient (Wildman–Crippen LogP) is 3.02. The number of hydrogen-bond donors (Lipinski definition) is 2. The van der Waals surface area contributed by atoms with Crippen LogP contribution in [0.1, 0.15) is 31.2 Å². The summed E-state index contributed by atoms with van der Waals surface area (Å²) in [5.74, 6) is 0.135. The molecule has 112 valence electrons. The minimum Gasteiger partial charge on any atom is -0.355 e. The molecule has 1 amide bonds. The molecule has 1 aliphatic rings. The molecule has 3 nitrogen and oxygen atoms in total. The Hall–Kier alpha value is -0.580. The Balaban J connectivity index is 0.00000200. The molecule has 0 aromatic heterocycles. The molecule has 20 heavy (non-hydrogen) atoms. The molecule has 1 saturated carbocycles. The highest BCUT2D eigenvalue weighted by atomic mass is 79.9. The van der Waals surface area contributed by atoms with E-state index in [-0.39, 0.29) is 23.7 Å². The first-order valence-corrected chi connectivity index (χ1v) is 7.63. The van der Waals surface area contributed by atoms with Gasteiger partial charge in [-0.15, -0.1) is 12.4 Å². The molecular weight excluding hydrogens is 340 g/mol. The van der Waals surface area contributed by atoms with Crippen molar-refractivity contribution >= 4 is 34.2 Å². The van der Waals surface area contributed by atoms with Gasteiger partial charge in [-0.2, -0.15) is 0 Å². The average Bonchev–Trinajstić information content (AvgIpc) is 2.35. The first-order valence-electron chi connectivity index (χ1n) is 6.84. The fourth-order valence-electron chi connectivity index (χ4n) is 2.58. The maximum absolute atomic E-state index is 11.7. The van der Waals surface area contributed by atoms with Crippen LogP contribution in [0.5, 0.6) is 0 Å². The van der Waals surface area contributed by atoms with Crippen LogP contribution in [0.15, 0.2) is 28.7 Å². The van der Waals surface area contributed by atoms with E-state index in [0.29, 0.717) is 6.42 Å². The van der Waals surface area contributed by atoms with Crippen LogP contribution < -0.4 is 10.6 Å². The van der Waals surface area contributed by atoms with Gasteiger partial charge < -0.3 is 10.6 Å². The largest absolute Gasteiger partial charge is 0.355 e. The first kappa shape index (κ1) is 17.5. The van der Waals surface area contributed by atoms with E-state index in [9.17, 15) is 4.79 Å². The van der Waals surface area contributed by atoms with Gasteiger partial charge >= 0.3 is 0 Å². The molecule has 0 bridgehead atoms. The SMILES string of the molecule is CNCCC(=O)NCC1(c2cccc(Br)c2)CCC1.Cl. The van der Waals surface area contributed by atoms with Crippen molar-refractivity contribution in [2.45, 2.75) is 31.1 Å². The summed E-state index contributed by atoms with van der Waals surface area (Å²) in [6.45, 7) is 1.49. The molecule has 0 heterocycles. The molecule has 0 radical (unpaired) electrons. The standard InChI is InChI=1S/C15H21BrN2O.ClH/c1-17-9-6-14(19)18-11-15(7-3-8-15)12-4-2-5-13(16)10-12;/h2,4-5,10,17H,3,6-9,11H2,1H3,(H,18,19);1H. The van der Waals surface area contributed by atoms with E-state index in [1.54, 1.807) is 0 Å². The lowest BCUT2D eigenvalue weighted by atomic mass is 9.64. The van der Waals surface area contributed by atoms with Gasteiger partial charge in [-0.3, -0.25) is 4.79 Å². The highest BCUT2D eigenvalue weighted by molar-refractivity contribution is 9.10. The van der Waals surface area contributed by atoms with Gasteiger partial charge in [0, 0.05) is 29.4 Å². The maximum Gasteiger partial charge on any atom is 0.221 e. The summed E-state index contributed by atoms with van der Waals surface area (Å²) >= 11 is 3.53. The summed E-state index contributed by atoms with van der Waals surface area (Å²) < 4.78 is 1.11. The van der Waals surface area contributed by atoms with Gasteiger partial charge in [0.1, 0.15) is 0 Å². The molecule has 0 saturated heterocycles. The zero-order chi connectivity index (χ0) is 13.7. The van der Waals surface area contributed by atoms with Crippen molar-refractivity contribution in [3.63, 3.8) is 0 Å². The van der Waals surface area contributed by atoms with Crippen LogP contribution in [-0.4, -0.2) is 26.0 Å². The molecular formula is C15H22BrClN2O. The van der Waals surface area contributed by atoms with Crippen molar-refractivity contribution in [2.24, 2.45) is 0 Å². The van der Waals surface area contributed by atoms with Crippen LogP contribution in [0.2, 0.25) is 0 Å². The molecule has 0 spiro atoms. The van der Waals surface area contributed by atoms with Gasteiger partial charge in [-0.05, 0) is 37.6 Å². The van der Waals surface area contributed by atoms with Gasteiger partial charge in [-0.1, -0.05) is 34.5 Å². The smallest absolute Gasteiger partial charge is 0.221 e.